The lowest BCUT2D eigenvalue weighted by Crippen LogP contribution is -2.22. The predicted octanol–water partition coefficient (Wildman–Crippen LogP) is 3.61. The average Bonchev–Trinajstić information content (AvgIpc) is 3.32. The van der Waals surface area contributed by atoms with Crippen molar-refractivity contribution >= 4 is 22.7 Å². The smallest absolute Gasteiger partial charge is 0.262 e. The maximum Gasteiger partial charge on any atom is 0.262 e. The highest BCUT2D eigenvalue weighted by Crippen LogP contribution is 2.37. The van der Waals surface area contributed by atoms with E-state index in [2.05, 4.69) is 24.0 Å². The summed E-state index contributed by atoms with van der Waals surface area (Å²) < 4.78 is 7.16. The van der Waals surface area contributed by atoms with Gasteiger partial charge < -0.3 is 4.52 Å². The van der Waals surface area contributed by atoms with Crippen LogP contribution < -0.4 is 5.56 Å². The van der Waals surface area contributed by atoms with Gasteiger partial charge in [0, 0.05) is 12.5 Å². The Morgan fingerprint density at radius 1 is 1.28 bits per heavy atom. The van der Waals surface area contributed by atoms with Crippen molar-refractivity contribution in [1.29, 1.82) is 0 Å². The van der Waals surface area contributed by atoms with Gasteiger partial charge in [0.15, 0.2) is 11.0 Å². The summed E-state index contributed by atoms with van der Waals surface area (Å²) in [6.07, 6.45) is 2.87. The molecule has 25 heavy (non-hydrogen) atoms. The lowest BCUT2D eigenvalue weighted by atomic mass is 10.1. The highest BCUT2D eigenvalue weighted by atomic mass is 32.2. The maximum absolute atomic E-state index is 12.8. The normalized spacial score (nSPS) is 14.5. The first-order valence-corrected chi connectivity index (χ1v) is 9.56. The summed E-state index contributed by atoms with van der Waals surface area (Å²) in [6.45, 7) is 4.25. The standard InChI is InChI=1S/C18H20N4O2S/c1-11(2)9-15-20-16(24-21-15)10-25-18-19-14-6-4-3-5-13(14)17(23)22(18)12-7-8-12/h3-6,11-12H,7-10H2,1-2H3. The van der Waals surface area contributed by atoms with Gasteiger partial charge in [-0.3, -0.25) is 9.36 Å². The van der Waals surface area contributed by atoms with E-state index in [0.717, 1.165) is 35.8 Å². The molecule has 0 radical (unpaired) electrons. The molecular weight excluding hydrogens is 336 g/mol. The molecule has 3 aromatic rings. The van der Waals surface area contributed by atoms with Crippen molar-refractivity contribution in [3.8, 4) is 0 Å². The lowest BCUT2D eigenvalue weighted by Gasteiger charge is -2.11. The number of benzene rings is 1. The summed E-state index contributed by atoms with van der Waals surface area (Å²) in [5.41, 5.74) is 0.777. The van der Waals surface area contributed by atoms with Crippen LogP contribution >= 0.6 is 11.8 Å². The highest BCUT2D eigenvalue weighted by Gasteiger charge is 2.28. The van der Waals surface area contributed by atoms with E-state index in [4.69, 9.17) is 9.51 Å². The van der Waals surface area contributed by atoms with Crippen molar-refractivity contribution in [2.45, 2.75) is 50.1 Å². The SMILES string of the molecule is CC(C)Cc1noc(CSc2nc3ccccc3c(=O)n2C2CC2)n1. The van der Waals surface area contributed by atoms with Crippen LogP contribution in [0.4, 0.5) is 0 Å². The predicted molar refractivity (Wildman–Crippen MR) is 96.7 cm³/mol. The first-order chi connectivity index (χ1) is 12.1. The molecule has 1 fully saturated rings. The number of hydrogen-bond acceptors (Lipinski definition) is 6. The van der Waals surface area contributed by atoms with E-state index in [1.54, 1.807) is 0 Å². The van der Waals surface area contributed by atoms with Crippen molar-refractivity contribution in [3.05, 3.63) is 46.3 Å². The van der Waals surface area contributed by atoms with Crippen LogP contribution in [0.3, 0.4) is 0 Å². The molecular formula is C18H20N4O2S. The van der Waals surface area contributed by atoms with Crippen molar-refractivity contribution in [1.82, 2.24) is 19.7 Å². The van der Waals surface area contributed by atoms with E-state index < -0.39 is 0 Å². The number of thioether (sulfide) groups is 1. The number of rotatable bonds is 6. The highest BCUT2D eigenvalue weighted by molar-refractivity contribution is 7.98. The van der Waals surface area contributed by atoms with Crippen LogP contribution in [0.2, 0.25) is 0 Å². The molecule has 1 aliphatic carbocycles. The second-order valence-electron chi connectivity index (χ2n) is 6.81. The maximum atomic E-state index is 12.8. The molecule has 130 valence electrons. The molecule has 4 rings (SSSR count). The Kier molecular flexibility index (Phi) is 4.33. The van der Waals surface area contributed by atoms with Crippen LogP contribution in [-0.2, 0) is 12.2 Å². The molecule has 2 aromatic heterocycles. The molecule has 0 unspecified atom stereocenters. The first-order valence-electron chi connectivity index (χ1n) is 8.57. The second kappa shape index (κ2) is 6.63. The minimum atomic E-state index is 0.0432. The molecule has 0 amide bonds. The van der Waals surface area contributed by atoms with Gasteiger partial charge in [0.2, 0.25) is 5.89 Å². The number of aromatic nitrogens is 4. The Labute approximate surface area is 149 Å². The minimum absolute atomic E-state index is 0.0432. The zero-order chi connectivity index (χ0) is 17.4. The molecule has 0 N–H and O–H groups in total. The molecule has 1 aliphatic rings. The van der Waals surface area contributed by atoms with Gasteiger partial charge in [0.05, 0.1) is 16.7 Å². The van der Waals surface area contributed by atoms with Crippen molar-refractivity contribution in [3.63, 3.8) is 0 Å². The van der Waals surface area contributed by atoms with Crippen molar-refractivity contribution < 1.29 is 4.52 Å². The topological polar surface area (TPSA) is 73.8 Å². The fraction of sp³-hybridized carbons (Fsp3) is 0.444. The fourth-order valence-corrected chi connectivity index (χ4v) is 3.71. The third-order valence-electron chi connectivity index (χ3n) is 4.11. The van der Waals surface area contributed by atoms with Crippen LogP contribution in [0, 0.1) is 5.92 Å². The largest absolute Gasteiger partial charge is 0.338 e. The Morgan fingerprint density at radius 3 is 2.84 bits per heavy atom. The summed E-state index contributed by atoms with van der Waals surface area (Å²) in [4.78, 5) is 22.0. The van der Waals surface area contributed by atoms with E-state index in [0.29, 0.717) is 22.9 Å². The number of para-hydroxylation sites is 1. The monoisotopic (exact) mass is 356 g/mol. The lowest BCUT2D eigenvalue weighted by molar-refractivity contribution is 0.382. The number of hydrogen-bond donors (Lipinski definition) is 0. The van der Waals surface area contributed by atoms with E-state index in [9.17, 15) is 4.79 Å². The van der Waals surface area contributed by atoms with E-state index in [-0.39, 0.29) is 11.6 Å². The molecule has 7 heteroatoms. The van der Waals surface area contributed by atoms with Crippen LogP contribution in [0.15, 0.2) is 38.7 Å². The zero-order valence-electron chi connectivity index (χ0n) is 14.3. The first kappa shape index (κ1) is 16.3. The molecule has 1 saturated carbocycles. The summed E-state index contributed by atoms with van der Waals surface area (Å²) in [5, 5.41) is 5.43. The Balaban J connectivity index is 1.61. The van der Waals surface area contributed by atoms with Gasteiger partial charge in [0.1, 0.15) is 0 Å². The van der Waals surface area contributed by atoms with Gasteiger partial charge in [-0.25, -0.2) is 4.98 Å². The van der Waals surface area contributed by atoms with E-state index in [1.807, 2.05) is 28.8 Å². The summed E-state index contributed by atoms with van der Waals surface area (Å²) in [5.74, 6) is 2.31. The van der Waals surface area contributed by atoms with Gasteiger partial charge in [-0.1, -0.05) is 42.9 Å². The summed E-state index contributed by atoms with van der Waals surface area (Å²) in [6, 6.07) is 7.77. The third-order valence-corrected chi connectivity index (χ3v) is 5.05. The van der Waals surface area contributed by atoms with Crippen LogP contribution in [0.1, 0.15) is 44.4 Å². The Bertz CT molecular complexity index is 959. The third kappa shape index (κ3) is 3.46. The number of nitrogens with zero attached hydrogens (tertiary/aromatic N) is 4. The Hall–Kier alpha value is -2.15. The van der Waals surface area contributed by atoms with E-state index in [1.165, 1.54) is 11.8 Å². The van der Waals surface area contributed by atoms with Gasteiger partial charge >= 0.3 is 0 Å². The van der Waals surface area contributed by atoms with Gasteiger partial charge in [0.25, 0.3) is 5.56 Å². The molecule has 0 atom stereocenters. The fourth-order valence-electron chi connectivity index (χ4n) is 2.81. The molecule has 1 aromatic carbocycles. The zero-order valence-corrected chi connectivity index (χ0v) is 15.1. The molecule has 0 aliphatic heterocycles. The Morgan fingerprint density at radius 2 is 2.08 bits per heavy atom. The molecule has 2 heterocycles. The van der Waals surface area contributed by atoms with Crippen LogP contribution in [0.25, 0.3) is 10.9 Å². The molecule has 6 nitrogen and oxygen atoms in total. The van der Waals surface area contributed by atoms with Gasteiger partial charge in [-0.05, 0) is 30.9 Å². The average molecular weight is 356 g/mol. The second-order valence-corrected chi connectivity index (χ2v) is 7.75. The molecule has 0 spiro atoms. The minimum Gasteiger partial charge on any atom is -0.338 e. The van der Waals surface area contributed by atoms with Gasteiger partial charge in [-0.15, -0.1) is 0 Å². The summed E-state index contributed by atoms with van der Waals surface area (Å²) >= 11 is 1.49. The van der Waals surface area contributed by atoms with Crippen LogP contribution in [-0.4, -0.2) is 19.7 Å². The molecule has 0 saturated heterocycles. The van der Waals surface area contributed by atoms with Crippen molar-refractivity contribution in [2.24, 2.45) is 5.92 Å². The quantitative estimate of drug-likeness (QED) is 0.496. The molecule has 0 bridgehead atoms. The van der Waals surface area contributed by atoms with Crippen LogP contribution in [0.5, 0.6) is 0 Å². The summed E-state index contributed by atoms with van der Waals surface area (Å²) in [7, 11) is 0. The van der Waals surface area contributed by atoms with Crippen molar-refractivity contribution in [2.75, 3.05) is 0 Å². The van der Waals surface area contributed by atoms with E-state index >= 15 is 0 Å². The number of fused-ring (bicyclic) bond motifs is 1. The van der Waals surface area contributed by atoms with Gasteiger partial charge in [-0.2, -0.15) is 4.98 Å².